The van der Waals surface area contributed by atoms with E-state index >= 15 is 0 Å². The molecule has 1 atom stereocenters. The summed E-state index contributed by atoms with van der Waals surface area (Å²) in [7, 11) is 1.98. The Hall–Kier alpha value is -0.570. The number of carbonyl (C=O) groups excluding carboxylic acids is 1. The van der Waals surface area contributed by atoms with Crippen molar-refractivity contribution in [1.29, 1.82) is 0 Å². The summed E-state index contributed by atoms with van der Waals surface area (Å²) < 4.78 is 0. The molecule has 0 spiro atoms. The summed E-state index contributed by atoms with van der Waals surface area (Å²) in [6.07, 6.45) is 6.04. The van der Waals surface area contributed by atoms with Crippen LogP contribution in [-0.2, 0) is 4.79 Å². The Morgan fingerprint density at radius 3 is 2.57 bits per heavy atom. The first kappa shape index (κ1) is 9.97. The van der Waals surface area contributed by atoms with Crippen molar-refractivity contribution in [2.75, 3.05) is 20.1 Å². The van der Waals surface area contributed by atoms with E-state index in [1.807, 2.05) is 11.9 Å². The third-order valence-corrected chi connectivity index (χ3v) is 3.63. The fraction of sp³-hybridized carbons (Fsp3) is 0.909. The molecule has 2 rings (SSSR count). The molecule has 1 heterocycles. The number of hydrogen-bond donors (Lipinski definition) is 1. The van der Waals surface area contributed by atoms with E-state index in [1.54, 1.807) is 0 Å². The minimum Gasteiger partial charge on any atom is -0.342 e. The zero-order valence-corrected chi connectivity index (χ0v) is 8.96. The lowest BCUT2D eigenvalue weighted by Crippen LogP contribution is -2.40. The smallest absolute Gasteiger partial charge is 0.227 e. The monoisotopic (exact) mass is 196 g/mol. The Bertz CT molecular complexity index is 205. The summed E-state index contributed by atoms with van der Waals surface area (Å²) in [6, 6.07) is 0.531. The molecule has 1 amide bonds. The van der Waals surface area contributed by atoms with E-state index in [0.717, 1.165) is 19.5 Å². The van der Waals surface area contributed by atoms with E-state index in [9.17, 15) is 4.79 Å². The fourth-order valence-electron chi connectivity index (χ4n) is 2.62. The third kappa shape index (κ3) is 1.92. The molecular formula is C11H20N2O. The van der Waals surface area contributed by atoms with Crippen LogP contribution in [0.5, 0.6) is 0 Å². The molecule has 80 valence electrons. The van der Waals surface area contributed by atoms with Gasteiger partial charge in [-0.2, -0.15) is 0 Å². The number of rotatable bonds is 2. The highest BCUT2D eigenvalue weighted by Gasteiger charge is 2.30. The van der Waals surface area contributed by atoms with Gasteiger partial charge in [0.1, 0.15) is 0 Å². The van der Waals surface area contributed by atoms with Gasteiger partial charge in [-0.15, -0.1) is 0 Å². The lowest BCUT2D eigenvalue weighted by molar-refractivity contribution is -0.135. The van der Waals surface area contributed by atoms with Crippen LogP contribution in [0.1, 0.15) is 32.1 Å². The maximum atomic E-state index is 12.0. The molecule has 1 N–H and O–H groups in total. The molecule has 0 aromatic heterocycles. The van der Waals surface area contributed by atoms with E-state index in [4.69, 9.17) is 0 Å². The highest BCUT2D eigenvalue weighted by molar-refractivity contribution is 5.79. The van der Waals surface area contributed by atoms with Crippen molar-refractivity contribution in [1.82, 2.24) is 10.2 Å². The molecule has 0 aromatic carbocycles. The van der Waals surface area contributed by atoms with Gasteiger partial charge in [0.25, 0.3) is 0 Å². The first-order chi connectivity index (χ1) is 6.79. The van der Waals surface area contributed by atoms with E-state index in [-0.39, 0.29) is 5.92 Å². The Morgan fingerprint density at radius 2 is 2.00 bits per heavy atom. The van der Waals surface area contributed by atoms with Gasteiger partial charge in [0.15, 0.2) is 0 Å². The van der Waals surface area contributed by atoms with Crippen LogP contribution in [-0.4, -0.2) is 37.0 Å². The van der Waals surface area contributed by atoms with Gasteiger partial charge in [0.05, 0.1) is 5.92 Å². The minimum absolute atomic E-state index is 0.251. The van der Waals surface area contributed by atoms with Crippen LogP contribution in [0.25, 0.3) is 0 Å². The van der Waals surface area contributed by atoms with Crippen molar-refractivity contribution in [2.24, 2.45) is 5.92 Å². The standard InChI is InChI=1S/C11H20N2O/c1-13(10-4-2-3-5-10)11(14)9-6-7-12-8-9/h9-10,12H,2-8H2,1H3/t9-/m0/s1. The summed E-state index contributed by atoms with van der Waals surface area (Å²) in [4.78, 5) is 14.0. The molecule has 1 aliphatic carbocycles. The van der Waals surface area contributed by atoms with Gasteiger partial charge >= 0.3 is 0 Å². The Kier molecular flexibility index (Phi) is 3.06. The van der Waals surface area contributed by atoms with Crippen molar-refractivity contribution in [3.63, 3.8) is 0 Å². The fourth-order valence-corrected chi connectivity index (χ4v) is 2.62. The summed E-state index contributed by atoms with van der Waals surface area (Å²) >= 11 is 0. The van der Waals surface area contributed by atoms with Crippen LogP contribution in [0.15, 0.2) is 0 Å². The maximum absolute atomic E-state index is 12.0. The Morgan fingerprint density at radius 1 is 1.29 bits per heavy atom. The zero-order valence-electron chi connectivity index (χ0n) is 8.96. The Balaban J connectivity index is 1.89. The lowest BCUT2D eigenvalue weighted by atomic mass is 10.1. The van der Waals surface area contributed by atoms with Crippen LogP contribution in [0.2, 0.25) is 0 Å². The number of nitrogens with zero attached hydrogens (tertiary/aromatic N) is 1. The van der Waals surface area contributed by atoms with Crippen molar-refractivity contribution < 1.29 is 4.79 Å². The molecular weight excluding hydrogens is 176 g/mol. The second-order valence-electron chi connectivity index (χ2n) is 4.58. The second-order valence-corrected chi connectivity index (χ2v) is 4.58. The van der Waals surface area contributed by atoms with Crippen molar-refractivity contribution >= 4 is 5.91 Å². The van der Waals surface area contributed by atoms with Crippen LogP contribution >= 0.6 is 0 Å². The molecule has 3 nitrogen and oxygen atoms in total. The summed E-state index contributed by atoms with van der Waals surface area (Å²) in [5.41, 5.74) is 0. The molecule has 1 saturated carbocycles. The molecule has 0 aromatic rings. The molecule has 3 heteroatoms. The van der Waals surface area contributed by atoms with Crippen molar-refractivity contribution in [2.45, 2.75) is 38.1 Å². The molecule has 0 bridgehead atoms. The number of nitrogens with one attached hydrogen (secondary N) is 1. The van der Waals surface area contributed by atoms with Gasteiger partial charge in [-0.05, 0) is 25.8 Å². The second kappa shape index (κ2) is 4.30. The van der Waals surface area contributed by atoms with Gasteiger partial charge in [-0.3, -0.25) is 4.79 Å². The maximum Gasteiger partial charge on any atom is 0.227 e. The topological polar surface area (TPSA) is 32.3 Å². The summed E-state index contributed by atoms with van der Waals surface area (Å²) in [6.45, 7) is 1.89. The molecule has 2 fully saturated rings. The predicted octanol–water partition coefficient (Wildman–Crippen LogP) is 0.997. The van der Waals surface area contributed by atoms with Crippen LogP contribution in [0, 0.1) is 5.92 Å². The first-order valence-corrected chi connectivity index (χ1v) is 5.76. The molecule has 0 unspecified atom stereocenters. The van der Waals surface area contributed by atoms with Gasteiger partial charge in [-0.1, -0.05) is 12.8 Å². The molecule has 0 radical (unpaired) electrons. The van der Waals surface area contributed by atoms with Crippen LogP contribution in [0.4, 0.5) is 0 Å². The van der Waals surface area contributed by atoms with Crippen LogP contribution in [0.3, 0.4) is 0 Å². The predicted molar refractivity (Wildman–Crippen MR) is 56.0 cm³/mol. The Labute approximate surface area is 85.8 Å². The summed E-state index contributed by atoms with van der Waals surface area (Å²) in [5, 5.41) is 3.25. The SMILES string of the molecule is CN(C(=O)[C@H]1CCNC1)C1CCCC1. The highest BCUT2D eigenvalue weighted by atomic mass is 16.2. The van der Waals surface area contributed by atoms with E-state index in [2.05, 4.69) is 5.32 Å². The average Bonchev–Trinajstić information content (AvgIpc) is 2.87. The van der Waals surface area contributed by atoms with E-state index in [1.165, 1.54) is 25.7 Å². The minimum atomic E-state index is 0.251. The van der Waals surface area contributed by atoms with Gasteiger partial charge in [-0.25, -0.2) is 0 Å². The van der Waals surface area contributed by atoms with Crippen LogP contribution < -0.4 is 5.32 Å². The molecule has 14 heavy (non-hydrogen) atoms. The van der Waals surface area contributed by atoms with Gasteiger partial charge in [0, 0.05) is 19.6 Å². The normalized spacial score (nSPS) is 28.2. The molecule has 1 aliphatic heterocycles. The largest absolute Gasteiger partial charge is 0.342 e. The molecule has 1 saturated heterocycles. The summed E-state index contributed by atoms with van der Waals surface area (Å²) in [5.74, 6) is 0.613. The van der Waals surface area contributed by atoms with Crippen molar-refractivity contribution in [3.05, 3.63) is 0 Å². The third-order valence-electron chi connectivity index (χ3n) is 3.63. The quantitative estimate of drug-likeness (QED) is 0.714. The zero-order chi connectivity index (χ0) is 9.97. The number of carbonyl (C=O) groups is 1. The lowest BCUT2D eigenvalue weighted by Gasteiger charge is -2.26. The molecule has 2 aliphatic rings. The first-order valence-electron chi connectivity index (χ1n) is 5.76. The number of hydrogen-bond acceptors (Lipinski definition) is 2. The highest BCUT2D eigenvalue weighted by Crippen LogP contribution is 2.24. The average molecular weight is 196 g/mol. The van der Waals surface area contributed by atoms with E-state index in [0.29, 0.717) is 11.9 Å². The number of amides is 1. The van der Waals surface area contributed by atoms with Gasteiger partial charge < -0.3 is 10.2 Å². The van der Waals surface area contributed by atoms with Crippen molar-refractivity contribution in [3.8, 4) is 0 Å². The van der Waals surface area contributed by atoms with Gasteiger partial charge in [0.2, 0.25) is 5.91 Å². The van der Waals surface area contributed by atoms with E-state index < -0.39 is 0 Å².